The van der Waals surface area contributed by atoms with E-state index in [1.54, 1.807) is 0 Å². The molecule has 2 atom stereocenters. The molecular formula is C6H11NO. The minimum atomic E-state index is 0.181. The Bertz CT molecular complexity index is 111. The number of nitrogens with two attached hydrogens (primary N) is 1. The van der Waals surface area contributed by atoms with Crippen molar-refractivity contribution in [2.24, 2.45) is 11.7 Å². The van der Waals surface area contributed by atoms with Gasteiger partial charge in [-0.2, -0.15) is 0 Å². The lowest BCUT2D eigenvalue weighted by Gasteiger charge is -2.06. The summed E-state index contributed by atoms with van der Waals surface area (Å²) in [4.78, 5) is 0. The van der Waals surface area contributed by atoms with E-state index >= 15 is 0 Å². The standard InChI is InChI=1S/C6H11NO/c7-4-6-3-5(6)1-2-8-6/h5H,1-4,7H2. The first-order chi connectivity index (χ1) is 3.87. The normalized spacial score (nSPS) is 51.4. The molecule has 0 aromatic carbocycles. The second kappa shape index (κ2) is 1.25. The second-order valence-electron chi connectivity index (χ2n) is 2.81. The Labute approximate surface area is 49.0 Å². The monoisotopic (exact) mass is 113 g/mol. The molecular weight excluding hydrogens is 102 g/mol. The maximum Gasteiger partial charge on any atom is 0.0837 e. The van der Waals surface area contributed by atoms with Gasteiger partial charge in [-0.15, -0.1) is 0 Å². The van der Waals surface area contributed by atoms with Crippen LogP contribution in [-0.2, 0) is 4.74 Å². The van der Waals surface area contributed by atoms with Gasteiger partial charge in [0.05, 0.1) is 5.60 Å². The lowest BCUT2D eigenvalue weighted by molar-refractivity contribution is 0.0725. The molecule has 2 aliphatic rings. The molecule has 46 valence electrons. The van der Waals surface area contributed by atoms with E-state index in [2.05, 4.69) is 0 Å². The number of rotatable bonds is 1. The number of hydrogen-bond acceptors (Lipinski definition) is 2. The summed E-state index contributed by atoms with van der Waals surface area (Å²) >= 11 is 0. The summed E-state index contributed by atoms with van der Waals surface area (Å²) in [5.74, 6) is 0.826. The fourth-order valence-electron chi connectivity index (χ4n) is 1.61. The van der Waals surface area contributed by atoms with E-state index in [0.29, 0.717) is 0 Å². The van der Waals surface area contributed by atoms with Crippen LogP contribution in [0.25, 0.3) is 0 Å². The van der Waals surface area contributed by atoms with Gasteiger partial charge in [0.2, 0.25) is 0 Å². The number of fused-ring (bicyclic) bond motifs is 1. The molecule has 2 heteroatoms. The van der Waals surface area contributed by atoms with Crippen molar-refractivity contribution in [3.63, 3.8) is 0 Å². The highest BCUT2D eigenvalue weighted by Crippen LogP contribution is 2.52. The van der Waals surface area contributed by atoms with E-state index in [4.69, 9.17) is 10.5 Å². The summed E-state index contributed by atoms with van der Waals surface area (Å²) in [5.41, 5.74) is 5.67. The molecule has 1 aliphatic heterocycles. The first-order valence-corrected chi connectivity index (χ1v) is 3.21. The van der Waals surface area contributed by atoms with Crippen molar-refractivity contribution in [1.82, 2.24) is 0 Å². The Hall–Kier alpha value is -0.0800. The molecule has 0 bridgehead atoms. The van der Waals surface area contributed by atoms with Crippen LogP contribution >= 0.6 is 0 Å². The van der Waals surface area contributed by atoms with Crippen LogP contribution < -0.4 is 5.73 Å². The number of ether oxygens (including phenoxy) is 1. The van der Waals surface area contributed by atoms with Crippen molar-refractivity contribution in [3.8, 4) is 0 Å². The lowest BCUT2D eigenvalue weighted by Crippen LogP contribution is -2.23. The SMILES string of the molecule is NCC12CC1CCO2. The predicted octanol–water partition coefficient (Wildman–Crippen LogP) is 0.124. The van der Waals surface area contributed by atoms with Crippen LogP contribution in [0.1, 0.15) is 12.8 Å². The Kier molecular flexibility index (Phi) is 0.746. The topological polar surface area (TPSA) is 35.2 Å². The summed E-state index contributed by atoms with van der Waals surface area (Å²) in [7, 11) is 0. The van der Waals surface area contributed by atoms with Crippen molar-refractivity contribution in [2.45, 2.75) is 18.4 Å². The van der Waals surface area contributed by atoms with Gasteiger partial charge in [-0.05, 0) is 18.8 Å². The molecule has 2 rings (SSSR count). The van der Waals surface area contributed by atoms with Gasteiger partial charge in [0.15, 0.2) is 0 Å². The Morgan fingerprint density at radius 3 is 2.88 bits per heavy atom. The van der Waals surface area contributed by atoms with E-state index in [0.717, 1.165) is 19.1 Å². The maximum atomic E-state index is 5.48. The summed E-state index contributed by atoms with van der Waals surface area (Å²) in [6.07, 6.45) is 2.47. The molecule has 8 heavy (non-hydrogen) atoms. The molecule has 0 amide bonds. The molecule has 0 spiro atoms. The average Bonchev–Trinajstić information content (AvgIpc) is 2.38. The average molecular weight is 113 g/mol. The second-order valence-corrected chi connectivity index (χ2v) is 2.81. The Morgan fingerprint density at radius 1 is 1.75 bits per heavy atom. The van der Waals surface area contributed by atoms with Crippen molar-refractivity contribution in [1.29, 1.82) is 0 Å². The Balaban J connectivity index is 2.08. The molecule has 1 aliphatic carbocycles. The van der Waals surface area contributed by atoms with E-state index in [-0.39, 0.29) is 5.60 Å². The lowest BCUT2D eigenvalue weighted by atomic mass is 10.2. The summed E-state index contributed by atoms with van der Waals surface area (Å²) < 4.78 is 5.44. The molecule has 2 fully saturated rings. The third kappa shape index (κ3) is 0.400. The first kappa shape index (κ1) is 4.77. The van der Waals surface area contributed by atoms with Crippen LogP contribution in [0.5, 0.6) is 0 Å². The van der Waals surface area contributed by atoms with Crippen LogP contribution in [0.2, 0.25) is 0 Å². The van der Waals surface area contributed by atoms with Gasteiger partial charge in [0.25, 0.3) is 0 Å². The molecule has 1 saturated heterocycles. The zero-order chi connectivity index (χ0) is 5.61. The van der Waals surface area contributed by atoms with Gasteiger partial charge in [-0.3, -0.25) is 0 Å². The number of hydrogen-bond donors (Lipinski definition) is 1. The van der Waals surface area contributed by atoms with E-state index < -0.39 is 0 Å². The zero-order valence-corrected chi connectivity index (χ0v) is 4.89. The largest absolute Gasteiger partial charge is 0.373 e. The van der Waals surface area contributed by atoms with Gasteiger partial charge in [0.1, 0.15) is 0 Å². The van der Waals surface area contributed by atoms with Gasteiger partial charge >= 0.3 is 0 Å². The van der Waals surface area contributed by atoms with Crippen LogP contribution in [0.3, 0.4) is 0 Å². The van der Waals surface area contributed by atoms with Crippen molar-refractivity contribution >= 4 is 0 Å². The van der Waals surface area contributed by atoms with Crippen molar-refractivity contribution in [3.05, 3.63) is 0 Å². The van der Waals surface area contributed by atoms with Crippen LogP contribution in [0, 0.1) is 5.92 Å². The van der Waals surface area contributed by atoms with Gasteiger partial charge in [-0.1, -0.05) is 0 Å². The smallest absolute Gasteiger partial charge is 0.0837 e. The molecule has 2 N–H and O–H groups in total. The summed E-state index contributed by atoms with van der Waals surface area (Å²) in [6.45, 7) is 1.68. The summed E-state index contributed by atoms with van der Waals surface area (Å²) in [5, 5.41) is 0. The van der Waals surface area contributed by atoms with Crippen molar-refractivity contribution < 1.29 is 4.74 Å². The fraction of sp³-hybridized carbons (Fsp3) is 1.00. The molecule has 0 aromatic heterocycles. The highest BCUT2D eigenvalue weighted by Gasteiger charge is 2.57. The maximum absolute atomic E-state index is 5.48. The zero-order valence-electron chi connectivity index (χ0n) is 4.89. The van der Waals surface area contributed by atoms with Crippen LogP contribution in [0.15, 0.2) is 0 Å². The van der Waals surface area contributed by atoms with E-state index in [1.165, 1.54) is 12.8 Å². The Morgan fingerprint density at radius 2 is 2.62 bits per heavy atom. The third-order valence-electron chi connectivity index (χ3n) is 2.38. The minimum absolute atomic E-state index is 0.181. The van der Waals surface area contributed by atoms with Gasteiger partial charge < -0.3 is 10.5 Å². The van der Waals surface area contributed by atoms with Crippen molar-refractivity contribution in [2.75, 3.05) is 13.2 Å². The first-order valence-electron chi connectivity index (χ1n) is 3.21. The van der Waals surface area contributed by atoms with Crippen LogP contribution in [0.4, 0.5) is 0 Å². The fourth-order valence-corrected chi connectivity index (χ4v) is 1.61. The van der Waals surface area contributed by atoms with Gasteiger partial charge in [-0.25, -0.2) is 0 Å². The molecule has 0 aromatic rings. The quantitative estimate of drug-likeness (QED) is 0.524. The van der Waals surface area contributed by atoms with E-state index in [9.17, 15) is 0 Å². The molecule has 1 saturated carbocycles. The minimum Gasteiger partial charge on any atom is -0.373 e. The molecule has 2 nitrogen and oxygen atoms in total. The molecule has 2 unspecified atom stereocenters. The third-order valence-corrected chi connectivity index (χ3v) is 2.38. The highest BCUT2D eigenvalue weighted by molar-refractivity contribution is 5.09. The molecule has 1 heterocycles. The van der Waals surface area contributed by atoms with Gasteiger partial charge in [0, 0.05) is 13.2 Å². The highest BCUT2D eigenvalue weighted by atomic mass is 16.5. The molecule has 0 radical (unpaired) electrons. The van der Waals surface area contributed by atoms with E-state index in [1.807, 2.05) is 0 Å². The van der Waals surface area contributed by atoms with Crippen LogP contribution in [-0.4, -0.2) is 18.8 Å². The summed E-state index contributed by atoms with van der Waals surface area (Å²) in [6, 6.07) is 0. The predicted molar refractivity (Wildman–Crippen MR) is 30.5 cm³/mol.